The van der Waals surface area contributed by atoms with Crippen molar-refractivity contribution >= 4 is 0 Å². The van der Waals surface area contributed by atoms with Crippen molar-refractivity contribution in [2.24, 2.45) is 0 Å². The van der Waals surface area contributed by atoms with Gasteiger partial charge >= 0.3 is 0 Å². The maximum Gasteiger partial charge on any atom is 0.0800 e. The van der Waals surface area contributed by atoms with Crippen LogP contribution in [-0.4, -0.2) is 10.7 Å². The van der Waals surface area contributed by atoms with E-state index in [0.717, 1.165) is 0 Å². The molecule has 0 aliphatic heterocycles. The summed E-state index contributed by atoms with van der Waals surface area (Å²) in [6.07, 6.45) is 3.40. The number of hydrogen-bond donors (Lipinski definition) is 1. The summed E-state index contributed by atoms with van der Waals surface area (Å²) in [6.45, 7) is 6.91. The van der Waals surface area contributed by atoms with Gasteiger partial charge in [-0.1, -0.05) is 12.2 Å². The van der Waals surface area contributed by atoms with E-state index in [1.807, 2.05) is 6.92 Å². The summed E-state index contributed by atoms with van der Waals surface area (Å²) >= 11 is 0. The molecule has 0 saturated carbocycles. The van der Waals surface area contributed by atoms with Crippen molar-refractivity contribution in [1.82, 2.24) is 0 Å². The third-order valence-electron chi connectivity index (χ3n) is 0.526. The van der Waals surface area contributed by atoms with Crippen LogP contribution in [0, 0.1) is 6.92 Å². The Morgan fingerprint density at radius 3 is 2.14 bits per heavy atom. The van der Waals surface area contributed by atoms with E-state index < -0.39 is 5.60 Å². The molecular formula is C6H11O. The van der Waals surface area contributed by atoms with Crippen molar-refractivity contribution < 1.29 is 5.11 Å². The Morgan fingerprint density at radius 1 is 1.71 bits per heavy atom. The second-order valence-electron chi connectivity index (χ2n) is 1.86. The highest BCUT2D eigenvalue weighted by atomic mass is 16.3. The summed E-state index contributed by atoms with van der Waals surface area (Å²) in [5.74, 6) is 0. The van der Waals surface area contributed by atoms with Crippen LogP contribution in [0.25, 0.3) is 0 Å². The monoisotopic (exact) mass is 99.1 g/mol. The van der Waals surface area contributed by atoms with Gasteiger partial charge in [0.05, 0.1) is 5.60 Å². The molecule has 0 spiro atoms. The van der Waals surface area contributed by atoms with Crippen LogP contribution in [0.1, 0.15) is 13.8 Å². The van der Waals surface area contributed by atoms with E-state index in [2.05, 4.69) is 6.92 Å². The van der Waals surface area contributed by atoms with Crippen LogP contribution in [0.3, 0.4) is 0 Å². The van der Waals surface area contributed by atoms with E-state index in [1.54, 1.807) is 19.1 Å². The molecule has 0 saturated heterocycles. The van der Waals surface area contributed by atoms with Gasteiger partial charge in [-0.2, -0.15) is 0 Å². The molecule has 0 heterocycles. The molecule has 1 atom stereocenters. The van der Waals surface area contributed by atoms with Gasteiger partial charge in [-0.25, -0.2) is 0 Å². The van der Waals surface area contributed by atoms with Gasteiger partial charge in [0, 0.05) is 0 Å². The maximum atomic E-state index is 8.82. The molecule has 41 valence electrons. The lowest BCUT2D eigenvalue weighted by Crippen LogP contribution is -2.13. The highest BCUT2D eigenvalue weighted by molar-refractivity contribution is 4.97. The molecule has 0 fully saturated rings. The number of hydrogen-bond acceptors (Lipinski definition) is 1. The lowest BCUT2D eigenvalue weighted by molar-refractivity contribution is 0.161. The molecule has 0 aromatic heterocycles. The summed E-state index contributed by atoms with van der Waals surface area (Å²) in [6, 6.07) is 0. The predicted octanol–water partition coefficient (Wildman–Crippen LogP) is 1.15. The molecule has 1 unspecified atom stereocenters. The zero-order valence-corrected chi connectivity index (χ0v) is 4.81. The van der Waals surface area contributed by atoms with Crippen LogP contribution >= 0.6 is 0 Å². The molecule has 1 nitrogen and oxygen atoms in total. The summed E-state index contributed by atoms with van der Waals surface area (Å²) < 4.78 is 0. The van der Waals surface area contributed by atoms with E-state index in [-0.39, 0.29) is 0 Å². The SMILES string of the molecule is [CH2]C(C)(O)C=CC. The zero-order chi connectivity index (χ0) is 5.91. The van der Waals surface area contributed by atoms with E-state index in [4.69, 9.17) is 5.11 Å². The quantitative estimate of drug-likeness (QED) is 0.489. The van der Waals surface area contributed by atoms with Crippen molar-refractivity contribution in [2.75, 3.05) is 0 Å². The summed E-state index contributed by atoms with van der Waals surface area (Å²) in [4.78, 5) is 0. The molecule has 0 aliphatic rings. The minimum atomic E-state index is -0.880. The smallest absolute Gasteiger partial charge is 0.0800 e. The lowest BCUT2D eigenvalue weighted by atomic mass is 10.1. The molecular weight excluding hydrogens is 88.1 g/mol. The van der Waals surface area contributed by atoms with Crippen LogP contribution < -0.4 is 0 Å². The van der Waals surface area contributed by atoms with Crippen LogP contribution in [0.4, 0.5) is 0 Å². The second-order valence-corrected chi connectivity index (χ2v) is 1.86. The Labute approximate surface area is 44.7 Å². The molecule has 0 aromatic carbocycles. The molecule has 0 bridgehead atoms. The molecule has 1 heteroatoms. The van der Waals surface area contributed by atoms with Crippen molar-refractivity contribution in [3.8, 4) is 0 Å². The summed E-state index contributed by atoms with van der Waals surface area (Å²) in [5, 5.41) is 8.82. The molecule has 0 rings (SSSR count). The Kier molecular flexibility index (Phi) is 2.03. The van der Waals surface area contributed by atoms with Crippen LogP contribution in [0.2, 0.25) is 0 Å². The first-order valence-corrected chi connectivity index (χ1v) is 2.28. The Bertz CT molecular complexity index is 66.7. The Hall–Kier alpha value is -0.300. The van der Waals surface area contributed by atoms with Crippen molar-refractivity contribution in [3.05, 3.63) is 19.1 Å². The van der Waals surface area contributed by atoms with Crippen molar-refractivity contribution in [1.29, 1.82) is 0 Å². The molecule has 1 radical (unpaired) electrons. The summed E-state index contributed by atoms with van der Waals surface area (Å²) in [7, 11) is 0. The first-order chi connectivity index (χ1) is 3.06. The first kappa shape index (κ1) is 6.70. The first-order valence-electron chi connectivity index (χ1n) is 2.28. The predicted molar refractivity (Wildman–Crippen MR) is 30.8 cm³/mol. The van der Waals surface area contributed by atoms with E-state index in [1.165, 1.54) is 0 Å². The van der Waals surface area contributed by atoms with Gasteiger partial charge in [0.15, 0.2) is 0 Å². The standard InChI is InChI=1S/C6H11O/c1-4-5-6(2,3)7/h4-5,7H,2H2,1,3H3. The summed E-state index contributed by atoms with van der Waals surface area (Å²) in [5.41, 5.74) is -0.880. The van der Waals surface area contributed by atoms with Crippen molar-refractivity contribution in [2.45, 2.75) is 19.4 Å². The topological polar surface area (TPSA) is 20.2 Å². The minimum Gasteiger partial charge on any atom is -0.386 e. The maximum absolute atomic E-state index is 8.82. The highest BCUT2D eigenvalue weighted by Gasteiger charge is 2.03. The van der Waals surface area contributed by atoms with Gasteiger partial charge < -0.3 is 5.11 Å². The zero-order valence-electron chi connectivity index (χ0n) is 4.81. The van der Waals surface area contributed by atoms with E-state index >= 15 is 0 Å². The third kappa shape index (κ3) is 5.70. The van der Waals surface area contributed by atoms with Gasteiger partial charge in [0.2, 0.25) is 0 Å². The van der Waals surface area contributed by atoms with Gasteiger partial charge in [-0.15, -0.1) is 0 Å². The Morgan fingerprint density at radius 2 is 2.14 bits per heavy atom. The Balaban J connectivity index is 3.56. The van der Waals surface area contributed by atoms with Crippen LogP contribution in [-0.2, 0) is 0 Å². The third-order valence-corrected chi connectivity index (χ3v) is 0.526. The molecule has 7 heavy (non-hydrogen) atoms. The minimum absolute atomic E-state index is 0.880. The van der Waals surface area contributed by atoms with E-state index in [0.29, 0.717) is 0 Å². The average Bonchev–Trinajstić information content (AvgIpc) is 1.30. The fourth-order valence-electron chi connectivity index (χ4n) is 0.359. The average molecular weight is 99.2 g/mol. The largest absolute Gasteiger partial charge is 0.386 e. The van der Waals surface area contributed by atoms with Gasteiger partial charge in [0.1, 0.15) is 0 Å². The fourth-order valence-corrected chi connectivity index (χ4v) is 0.359. The number of rotatable bonds is 1. The number of aliphatic hydroxyl groups is 1. The normalized spacial score (nSPS) is 13.1. The molecule has 1 N–H and O–H groups in total. The molecule has 0 aliphatic carbocycles. The van der Waals surface area contributed by atoms with Gasteiger partial charge in [-0.05, 0) is 20.8 Å². The highest BCUT2D eigenvalue weighted by Crippen LogP contribution is 1.99. The van der Waals surface area contributed by atoms with E-state index in [9.17, 15) is 0 Å². The second kappa shape index (κ2) is 2.12. The lowest BCUT2D eigenvalue weighted by Gasteiger charge is -2.08. The van der Waals surface area contributed by atoms with Crippen molar-refractivity contribution in [3.63, 3.8) is 0 Å². The molecule has 0 aromatic rings. The fraction of sp³-hybridized carbons (Fsp3) is 0.500. The van der Waals surface area contributed by atoms with Gasteiger partial charge in [-0.3, -0.25) is 0 Å². The van der Waals surface area contributed by atoms with Crippen LogP contribution in [0.15, 0.2) is 12.2 Å². The van der Waals surface area contributed by atoms with Gasteiger partial charge in [0.25, 0.3) is 0 Å². The van der Waals surface area contributed by atoms with Crippen LogP contribution in [0.5, 0.6) is 0 Å². The molecule has 0 amide bonds. The number of allylic oxidation sites excluding steroid dienone is 1.